The van der Waals surface area contributed by atoms with Gasteiger partial charge in [-0.2, -0.15) is 0 Å². The Kier molecular flexibility index (Phi) is 12.2. The molecule has 0 fully saturated rings. The van der Waals surface area contributed by atoms with Gasteiger partial charge in [0.2, 0.25) is 0 Å². The van der Waals surface area contributed by atoms with Gasteiger partial charge in [0.1, 0.15) is 5.75 Å². The molecule has 0 bridgehead atoms. The summed E-state index contributed by atoms with van der Waals surface area (Å²) in [6.07, 6.45) is 9.95. The predicted molar refractivity (Wildman–Crippen MR) is 157 cm³/mol. The van der Waals surface area contributed by atoms with Gasteiger partial charge in [-0.1, -0.05) is 102 Å². The van der Waals surface area contributed by atoms with E-state index in [9.17, 15) is 14.7 Å². The first-order valence-electron chi connectivity index (χ1n) is 14.5. The van der Waals surface area contributed by atoms with Gasteiger partial charge in [-0.05, 0) is 53.8 Å². The van der Waals surface area contributed by atoms with Crippen LogP contribution >= 0.6 is 0 Å². The minimum absolute atomic E-state index is 0.0137. The predicted octanol–water partition coefficient (Wildman–Crippen LogP) is 9.33. The van der Waals surface area contributed by atoms with Crippen molar-refractivity contribution in [1.29, 1.82) is 0 Å². The number of carbonyl (C=O) groups excluding carboxylic acids is 1. The summed E-state index contributed by atoms with van der Waals surface area (Å²) in [7, 11) is 0. The molecule has 1 N–H and O–H groups in total. The molecule has 0 heterocycles. The molecule has 0 aliphatic heterocycles. The van der Waals surface area contributed by atoms with Crippen molar-refractivity contribution in [2.75, 3.05) is 6.61 Å². The zero-order chi connectivity index (χ0) is 28.9. The summed E-state index contributed by atoms with van der Waals surface area (Å²) in [5.74, 6) is -1.76. The van der Waals surface area contributed by atoms with Gasteiger partial charge >= 0.3 is 11.9 Å². The van der Waals surface area contributed by atoms with Crippen LogP contribution in [0.4, 0.5) is 4.39 Å². The van der Waals surface area contributed by atoms with Crippen molar-refractivity contribution in [2.45, 2.75) is 78.6 Å². The molecular weight excluding hydrogens is 507 g/mol. The molecule has 3 aromatic rings. The maximum Gasteiger partial charge on any atom is 0.336 e. The molecule has 0 aromatic heterocycles. The normalized spacial score (nSPS) is 11.7. The lowest BCUT2D eigenvalue weighted by Gasteiger charge is -2.14. The van der Waals surface area contributed by atoms with Crippen molar-refractivity contribution < 1.29 is 28.6 Å². The molecule has 0 radical (unpaired) electrons. The molecule has 3 rings (SSSR count). The van der Waals surface area contributed by atoms with Crippen LogP contribution in [0.2, 0.25) is 0 Å². The maximum absolute atomic E-state index is 15.6. The van der Waals surface area contributed by atoms with E-state index < -0.39 is 11.8 Å². The standard InChI is InChI=1S/C34H41FO5/c1-4-6-7-8-9-10-11-12-23-39-30-22-21-29(33(36)37)31(32(30)35)27-15-13-25(14-16-27)26-17-19-28(20-18-26)40-34(38)24(3)5-2/h13-22,24H,4-12,23H2,1-3H3,(H,36,37)/t24-/m0/s1. The molecule has 6 heteroatoms. The van der Waals surface area contributed by atoms with Crippen LogP contribution in [0.15, 0.2) is 60.7 Å². The minimum Gasteiger partial charge on any atom is -0.490 e. The first-order valence-corrected chi connectivity index (χ1v) is 14.5. The number of aromatic carboxylic acids is 1. The molecule has 40 heavy (non-hydrogen) atoms. The van der Waals surface area contributed by atoms with Crippen LogP contribution in [0.25, 0.3) is 22.3 Å². The third-order valence-corrected chi connectivity index (χ3v) is 7.19. The van der Waals surface area contributed by atoms with Gasteiger partial charge in [0.25, 0.3) is 0 Å². The van der Waals surface area contributed by atoms with Crippen molar-refractivity contribution in [2.24, 2.45) is 5.92 Å². The Labute approximate surface area is 237 Å². The highest BCUT2D eigenvalue weighted by molar-refractivity contribution is 5.97. The van der Waals surface area contributed by atoms with E-state index in [1.165, 1.54) is 44.2 Å². The van der Waals surface area contributed by atoms with Gasteiger partial charge in [-0.3, -0.25) is 4.79 Å². The summed E-state index contributed by atoms with van der Waals surface area (Å²) >= 11 is 0. The molecular formula is C34H41FO5. The molecule has 5 nitrogen and oxygen atoms in total. The first kappa shape index (κ1) is 30.9. The van der Waals surface area contributed by atoms with E-state index in [4.69, 9.17) is 9.47 Å². The molecule has 0 unspecified atom stereocenters. The van der Waals surface area contributed by atoms with E-state index in [1.807, 2.05) is 38.1 Å². The average molecular weight is 549 g/mol. The lowest BCUT2D eigenvalue weighted by molar-refractivity contribution is -0.138. The number of carboxylic acids is 1. The lowest BCUT2D eigenvalue weighted by atomic mass is 9.96. The molecule has 0 saturated carbocycles. The number of halogens is 1. The summed E-state index contributed by atoms with van der Waals surface area (Å²) in [6.45, 7) is 6.36. The fraction of sp³-hybridized carbons (Fsp3) is 0.412. The quantitative estimate of drug-likeness (QED) is 0.110. The Morgan fingerprint density at radius 2 is 1.32 bits per heavy atom. The molecule has 1 atom stereocenters. The molecule has 0 saturated heterocycles. The summed E-state index contributed by atoms with van der Waals surface area (Å²) in [6, 6.07) is 17.0. The SMILES string of the molecule is CCCCCCCCCCOc1ccc(C(=O)O)c(-c2ccc(-c3ccc(OC(=O)[C@@H](C)CC)cc3)cc2)c1F. The molecule has 0 spiro atoms. The molecule has 0 amide bonds. The van der Waals surface area contributed by atoms with Crippen molar-refractivity contribution in [1.82, 2.24) is 0 Å². The fourth-order valence-corrected chi connectivity index (χ4v) is 4.48. The number of carbonyl (C=O) groups is 2. The Morgan fingerprint density at radius 3 is 1.90 bits per heavy atom. The minimum atomic E-state index is -1.20. The van der Waals surface area contributed by atoms with Crippen LogP contribution in [-0.2, 0) is 4.79 Å². The average Bonchev–Trinajstić information content (AvgIpc) is 2.96. The van der Waals surface area contributed by atoms with Gasteiger partial charge in [0.05, 0.1) is 18.1 Å². The second-order valence-electron chi connectivity index (χ2n) is 10.3. The van der Waals surface area contributed by atoms with E-state index in [1.54, 1.807) is 24.3 Å². The Hall–Kier alpha value is -3.67. The number of unbranched alkanes of at least 4 members (excludes halogenated alkanes) is 7. The Balaban J connectivity index is 1.68. The number of carboxylic acid groups (broad SMARTS) is 1. The third-order valence-electron chi connectivity index (χ3n) is 7.19. The van der Waals surface area contributed by atoms with Crippen molar-refractivity contribution in [3.63, 3.8) is 0 Å². The van der Waals surface area contributed by atoms with Gasteiger partial charge in [0.15, 0.2) is 11.6 Å². The van der Waals surface area contributed by atoms with Gasteiger partial charge in [-0.15, -0.1) is 0 Å². The number of rotatable bonds is 16. The van der Waals surface area contributed by atoms with Gasteiger partial charge < -0.3 is 14.6 Å². The van der Waals surface area contributed by atoms with Crippen molar-refractivity contribution in [3.8, 4) is 33.8 Å². The van der Waals surface area contributed by atoms with Gasteiger partial charge in [0, 0.05) is 5.56 Å². The number of hydrogen-bond donors (Lipinski definition) is 1. The zero-order valence-corrected chi connectivity index (χ0v) is 23.9. The van der Waals surface area contributed by atoms with E-state index >= 15 is 4.39 Å². The molecule has 3 aromatic carbocycles. The van der Waals surface area contributed by atoms with Crippen LogP contribution in [0.3, 0.4) is 0 Å². The van der Waals surface area contributed by atoms with Crippen LogP contribution in [0.1, 0.15) is 88.9 Å². The number of ether oxygens (including phenoxy) is 2. The fourth-order valence-electron chi connectivity index (χ4n) is 4.48. The van der Waals surface area contributed by atoms with Crippen molar-refractivity contribution >= 4 is 11.9 Å². The van der Waals surface area contributed by atoms with E-state index in [-0.39, 0.29) is 28.8 Å². The topological polar surface area (TPSA) is 72.8 Å². The molecule has 0 aliphatic carbocycles. The zero-order valence-electron chi connectivity index (χ0n) is 23.9. The highest BCUT2D eigenvalue weighted by Gasteiger charge is 2.20. The Bertz CT molecular complexity index is 1230. The van der Waals surface area contributed by atoms with Crippen LogP contribution in [-0.4, -0.2) is 23.7 Å². The van der Waals surface area contributed by atoms with Crippen LogP contribution < -0.4 is 9.47 Å². The second-order valence-corrected chi connectivity index (χ2v) is 10.3. The summed E-state index contributed by atoms with van der Waals surface area (Å²) in [4.78, 5) is 23.9. The summed E-state index contributed by atoms with van der Waals surface area (Å²) in [5.41, 5.74) is 2.10. The highest BCUT2D eigenvalue weighted by atomic mass is 19.1. The van der Waals surface area contributed by atoms with Crippen LogP contribution in [0.5, 0.6) is 11.5 Å². The summed E-state index contributed by atoms with van der Waals surface area (Å²) in [5, 5.41) is 9.72. The number of esters is 1. The van der Waals surface area contributed by atoms with Crippen LogP contribution in [0, 0.1) is 11.7 Å². The lowest BCUT2D eigenvalue weighted by Crippen LogP contribution is -2.16. The smallest absolute Gasteiger partial charge is 0.336 e. The van der Waals surface area contributed by atoms with E-state index in [2.05, 4.69) is 6.92 Å². The van der Waals surface area contributed by atoms with Crippen molar-refractivity contribution in [3.05, 3.63) is 72.0 Å². The third kappa shape index (κ3) is 8.67. The number of benzene rings is 3. The summed E-state index contributed by atoms with van der Waals surface area (Å²) < 4.78 is 26.7. The van der Waals surface area contributed by atoms with E-state index in [0.717, 1.165) is 30.4 Å². The molecule has 0 aliphatic rings. The Morgan fingerprint density at radius 1 is 0.775 bits per heavy atom. The van der Waals surface area contributed by atoms with Gasteiger partial charge in [-0.25, -0.2) is 9.18 Å². The first-order chi connectivity index (χ1) is 19.3. The largest absolute Gasteiger partial charge is 0.490 e. The number of hydrogen-bond acceptors (Lipinski definition) is 4. The second kappa shape index (κ2) is 15.8. The maximum atomic E-state index is 15.6. The molecule has 214 valence electrons. The van der Waals surface area contributed by atoms with E-state index in [0.29, 0.717) is 24.3 Å². The highest BCUT2D eigenvalue weighted by Crippen LogP contribution is 2.34. The monoisotopic (exact) mass is 548 g/mol.